The Morgan fingerprint density at radius 1 is 1.47 bits per heavy atom. The van der Waals surface area contributed by atoms with Gasteiger partial charge in [-0.1, -0.05) is 30.6 Å². The summed E-state index contributed by atoms with van der Waals surface area (Å²) in [6.07, 6.45) is 6.38. The molecule has 1 aliphatic rings. The molecule has 19 heavy (non-hydrogen) atoms. The Morgan fingerprint density at radius 3 is 2.74 bits per heavy atom. The van der Waals surface area contributed by atoms with E-state index in [-0.39, 0.29) is 5.91 Å². The van der Waals surface area contributed by atoms with Gasteiger partial charge >= 0.3 is 0 Å². The van der Waals surface area contributed by atoms with Crippen molar-refractivity contribution in [2.24, 2.45) is 5.92 Å². The lowest BCUT2D eigenvalue weighted by Crippen LogP contribution is -2.32. The van der Waals surface area contributed by atoms with Crippen LogP contribution in [0.25, 0.3) is 0 Å². The molecule has 0 aromatic carbocycles. The van der Waals surface area contributed by atoms with Crippen molar-refractivity contribution in [2.75, 3.05) is 31.7 Å². The number of anilines is 2. The van der Waals surface area contributed by atoms with Crippen LogP contribution in [0.5, 0.6) is 0 Å². The van der Waals surface area contributed by atoms with E-state index in [1.807, 2.05) is 7.05 Å². The number of rotatable bonds is 4. The van der Waals surface area contributed by atoms with Crippen molar-refractivity contribution in [3.8, 4) is 0 Å². The lowest BCUT2D eigenvalue weighted by molar-refractivity contribution is 0.0766. The molecule has 0 saturated heterocycles. The second kappa shape index (κ2) is 6.23. The highest BCUT2D eigenvalue weighted by molar-refractivity contribution is 7.18. The number of carbonyl (C=O) groups excluding carboxylic acids is 1. The lowest BCUT2D eigenvalue weighted by Gasteiger charge is -2.26. The summed E-state index contributed by atoms with van der Waals surface area (Å²) < 4.78 is 0. The maximum atomic E-state index is 12.4. The standard InChI is InChI=1S/C13H22N4OS/c1-15-13-16-11(14)10(19-13)12(18)17(2)8-9-6-4-3-5-7-9/h9H,3-8,14H2,1-2H3,(H,15,16). The zero-order valence-electron chi connectivity index (χ0n) is 11.6. The third-order valence-corrected chi connectivity index (χ3v) is 4.74. The molecule has 1 aromatic heterocycles. The van der Waals surface area contributed by atoms with E-state index in [0.717, 1.165) is 6.54 Å². The molecule has 5 nitrogen and oxygen atoms in total. The molecular formula is C13H22N4OS. The molecule has 1 heterocycles. The van der Waals surface area contributed by atoms with E-state index >= 15 is 0 Å². The van der Waals surface area contributed by atoms with Crippen LogP contribution < -0.4 is 11.1 Å². The highest BCUT2D eigenvalue weighted by atomic mass is 32.1. The van der Waals surface area contributed by atoms with Crippen LogP contribution in [0.1, 0.15) is 41.8 Å². The van der Waals surface area contributed by atoms with E-state index in [9.17, 15) is 4.79 Å². The Hall–Kier alpha value is -1.30. The summed E-state index contributed by atoms with van der Waals surface area (Å²) in [4.78, 5) is 18.8. The molecule has 0 unspecified atom stereocenters. The molecule has 6 heteroatoms. The first-order valence-corrected chi connectivity index (χ1v) is 7.63. The number of hydrogen-bond acceptors (Lipinski definition) is 5. The second-order valence-corrected chi connectivity index (χ2v) is 6.17. The van der Waals surface area contributed by atoms with Gasteiger partial charge in [-0.15, -0.1) is 0 Å². The highest BCUT2D eigenvalue weighted by Gasteiger charge is 2.22. The molecule has 1 aliphatic carbocycles. The highest BCUT2D eigenvalue weighted by Crippen LogP contribution is 2.28. The third kappa shape index (κ3) is 3.37. The number of amides is 1. The average Bonchev–Trinajstić information content (AvgIpc) is 2.80. The van der Waals surface area contributed by atoms with Crippen LogP contribution in [0.4, 0.5) is 10.9 Å². The van der Waals surface area contributed by atoms with Gasteiger partial charge in [-0.25, -0.2) is 4.98 Å². The molecule has 1 amide bonds. The molecule has 106 valence electrons. The number of nitrogen functional groups attached to an aromatic ring is 1. The van der Waals surface area contributed by atoms with E-state index < -0.39 is 0 Å². The number of carbonyl (C=O) groups is 1. The monoisotopic (exact) mass is 282 g/mol. The Kier molecular flexibility index (Phi) is 4.63. The van der Waals surface area contributed by atoms with Crippen LogP contribution in [0, 0.1) is 5.92 Å². The number of nitrogens with zero attached hydrogens (tertiary/aromatic N) is 2. The van der Waals surface area contributed by atoms with Crippen LogP contribution in [0.3, 0.4) is 0 Å². The van der Waals surface area contributed by atoms with E-state index in [1.54, 1.807) is 11.9 Å². The zero-order valence-corrected chi connectivity index (χ0v) is 12.4. The van der Waals surface area contributed by atoms with Gasteiger partial charge in [-0.05, 0) is 18.8 Å². The number of nitrogens with two attached hydrogens (primary N) is 1. The molecule has 0 radical (unpaired) electrons. The molecule has 0 atom stereocenters. The van der Waals surface area contributed by atoms with Crippen molar-refractivity contribution in [1.29, 1.82) is 0 Å². The van der Waals surface area contributed by atoms with Crippen LogP contribution >= 0.6 is 11.3 Å². The van der Waals surface area contributed by atoms with E-state index in [4.69, 9.17) is 5.73 Å². The van der Waals surface area contributed by atoms with Gasteiger partial charge in [-0.3, -0.25) is 4.79 Å². The molecule has 1 aromatic rings. The van der Waals surface area contributed by atoms with E-state index in [1.165, 1.54) is 43.4 Å². The summed E-state index contributed by atoms with van der Waals surface area (Å²) in [6, 6.07) is 0. The molecule has 1 saturated carbocycles. The van der Waals surface area contributed by atoms with Gasteiger partial charge in [-0.2, -0.15) is 0 Å². The Balaban J connectivity index is 1.99. The molecule has 0 spiro atoms. The predicted octanol–water partition coefficient (Wildman–Crippen LogP) is 2.42. The van der Waals surface area contributed by atoms with Crippen molar-refractivity contribution in [3.05, 3.63) is 4.88 Å². The summed E-state index contributed by atoms with van der Waals surface area (Å²) in [7, 11) is 3.63. The van der Waals surface area contributed by atoms with Gasteiger partial charge in [0.2, 0.25) is 0 Å². The smallest absolute Gasteiger partial charge is 0.267 e. The Morgan fingerprint density at radius 2 is 2.16 bits per heavy atom. The van der Waals surface area contributed by atoms with Gasteiger partial charge in [0.15, 0.2) is 5.13 Å². The van der Waals surface area contributed by atoms with Gasteiger partial charge < -0.3 is 16.0 Å². The SMILES string of the molecule is CNc1nc(N)c(C(=O)N(C)CC2CCCCC2)s1. The number of hydrogen-bond donors (Lipinski definition) is 2. The molecule has 1 fully saturated rings. The first-order valence-electron chi connectivity index (χ1n) is 6.81. The Labute approximate surface area is 118 Å². The third-order valence-electron chi connectivity index (χ3n) is 3.66. The summed E-state index contributed by atoms with van der Waals surface area (Å²) in [5.41, 5.74) is 5.80. The fourth-order valence-electron chi connectivity index (χ4n) is 2.61. The first-order chi connectivity index (χ1) is 9.11. The molecule has 2 rings (SSSR count). The topological polar surface area (TPSA) is 71.2 Å². The predicted molar refractivity (Wildman–Crippen MR) is 79.6 cm³/mol. The maximum absolute atomic E-state index is 12.4. The summed E-state index contributed by atoms with van der Waals surface area (Å²) in [5, 5.41) is 3.61. The Bertz CT molecular complexity index is 440. The molecule has 3 N–H and O–H groups in total. The van der Waals surface area contributed by atoms with Crippen LogP contribution in [0.2, 0.25) is 0 Å². The van der Waals surface area contributed by atoms with Gasteiger partial charge in [0, 0.05) is 20.6 Å². The fourth-order valence-corrected chi connectivity index (χ4v) is 3.44. The quantitative estimate of drug-likeness (QED) is 0.889. The lowest BCUT2D eigenvalue weighted by atomic mass is 9.89. The minimum Gasteiger partial charge on any atom is -0.382 e. The number of nitrogens with one attached hydrogen (secondary N) is 1. The summed E-state index contributed by atoms with van der Waals surface area (Å²) >= 11 is 1.32. The largest absolute Gasteiger partial charge is 0.382 e. The fraction of sp³-hybridized carbons (Fsp3) is 0.692. The number of thiazole rings is 1. The number of aromatic nitrogens is 1. The summed E-state index contributed by atoms with van der Waals surface area (Å²) in [6.45, 7) is 0.824. The van der Waals surface area contributed by atoms with E-state index in [0.29, 0.717) is 21.7 Å². The maximum Gasteiger partial charge on any atom is 0.267 e. The molecule has 0 aliphatic heterocycles. The van der Waals surface area contributed by atoms with Crippen LogP contribution in [-0.2, 0) is 0 Å². The normalized spacial score (nSPS) is 16.3. The molecular weight excluding hydrogens is 260 g/mol. The minimum absolute atomic E-state index is 0.0120. The molecule has 0 bridgehead atoms. The summed E-state index contributed by atoms with van der Waals surface area (Å²) in [5.74, 6) is 0.956. The van der Waals surface area contributed by atoms with E-state index in [2.05, 4.69) is 10.3 Å². The van der Waals surface area contributed by atoms with Crippen LogP contribution in [-0.4, -0.2) is 36.4 Å². The van der Waals surface area contributed by atoms with Crippen molar-refractivity contribution < 1.29 is 4.79 Å². The van der Waals surface area contributed by atoms with Crippen molar-refractivity contribution in [2.45, 2.75) is 32.1 Å². The zero-order chi connectivity index (χ0) is 13.8. The second-order valence-electron chi connectivity index (χ2n) is 5.17. The van der Waals surface area contributed by atoms with Gasteiger partial charge in [0.1, 0.15) is 10.7 Å². The van der Waals surface area contributed by atoms with Gasteiger partial charge in [0.25, 0.3) is 5.91 Å². The van der Waals surface area contributed by atoms with Crippen LogP contribution in [0.15, 0.2) is 0 Å². The average molecular weight is 282 g/mol. The minimum atomic E-state index is -0.0120. The first kappa shape index (κ1) is 14.1. The van der Waals surface area contributed by atoms with Crippen molar-refractivity contribution in [3.63, 3.8) is 0 Å². The van der Waals surface area contributed by atoms with Crippen molar-refractivity contribution in [1.82, 2.24) is 9.88 Å². The van der Waals surface area contributed by atoms with Gasteiger partial charge in [0.05, 0.1) is 0 Å². The van der Waals surface area contributed by atoms with Crippen molar-refractivity contribution >= 4 is 28.2 Å².